The molecule has 17 heavy (non-hydrogen) atoms. The molecule has 0 heterocycles. The SMILES string of the molecule is COc1cccc(B(O)O)c1-c1ccccc1. The fourth-order valence-corrected chi connectivity index (χ4v) is 1.85. The summed E-state index contributed by atoms with van der Waals surface area (Å²) in [5, 5.41) is 18.8. The van der Waals surface area contributed by atoms with Gasteiger partial charge in [-0.1, -0.05) is 42.5 Å². The van der Waals surface area contributed by atoms with Crippen LogP contribution in [0.25, 0.3) is 11.1 Å². The minimum atomic E-state index is -1.51. The molecule has 0 aromatic heterocycles. The third kappa shape index (κ3) is 2.33. The molecule has 86 valence electrons. The van der Waals surface area contributed by atoms with Crippen molar-refractivity contribution >= 4 is 12.6 Å². The van der Waals surface area contributed by atoms with E-state index in [9.17, 15) is 10.0 Å². The van der Waals surface area contributed by atoms with Gasteiger partial charge in [-0.05, 0) is 17.1 Å². The van der Waals surface area contributed by atoms with Crippen LogP contribution in [-0.4, -0.2) is 24.3 Å². The van der Waals surface area contributed by atoms with Gasteiger partial charge in [-0.2, -0.15) is 0 Å². The Morgan fingerprint density at radius 1 is 0.941 bits per heavy atom. The molecular weight excluding hydrogens is 215 g/mol. The van der Waals surface area contributed by atoms with Gasteiger partial charge in [-0.3, -0.25) is 0 Å². The van der Waals surface area contributed by atoms with Crippen LogP contribution in [0.5, 0.6) is 5.75 Å². The van der Waals surface area contributed by atoms with Crippen molar-refractivity contribution in [3.8, 4) is 16.9 Å². The minimum absolute atomic E-state index is 0.440. The van der Waals surface area contributed by atoms with Gasteiger partial charge < -0.3 is 14.8 Å². The summed E-state index contributed by atoms with van der Waals surface area (Å²) >= 11 is 0. The van der Waals surface area contributed by atoms with Gasteiger partial charge in [0.05, 0.1) is 7.11 Å². The Bertz CT molecular complexity index is 497. The van der Waals surface area contributed by atoms with Gasteiger partial charge in [0, 0.05) is 5.56 Å². The van der Waals surface area contributed by atoms with Gasteiger partial charge in [0.1, 0.15) is 5.75 Å². The molecule has 0 spiro atoms. The zero-order valence-corrected chi connectivity index (χ0v) is 9.50. The third-order valence-electron chi connectivity index (χ3n) is 2.62. The molecule has 0 atom stereocenters. The standard InChI is InChI=1S/C13H13BO3/c1-17-12-9-5-8-11(14(15)16)13(12)10-6-3-2-4-7-10/h2-9,15-16H,1H3. The maximum absolute atomic E-state index is 9.39. The molecule has 0 unspecified atom stereocenters. The molecule has 0 saturated carbocycles. The summed E-state index contributed by atoms with van der Waals surface area (Å²) in [7, 11) is 0.0512. The first kappa shape index (κ1) is 11.7. The van der Waals surface area contributed by atoms with E-state index in [0.717, 1.165) is 5.56 Å². The Morgan fingerprint density at radius 2 is 1.65 bits per heavy atom. The smallest absolute Gasteiger partial charge is 0.489 e. The van der Waals surface area contributed by atoms with Crippen LogP contribution in [0.4, 0.5) is 0 Å². The second-order valence-electron chi connectivity index (χ2n) is 3.66. The summed E-state index contributed by atoms with van der Waals surface area (Å²) in [6.07, 6.45) is 0. The molecule has 0 saturated heterocycles. The molecule has 0 amide bonds. The van der Waals surface area contributed by atoms with Crippen LogP contribution < -0.4 is 10.2 Å². The monoisotopic (exact) mass is 228 g/mol. The van der Waals surface area contributed by atoms with Gasteiger partial charge in [-0.15, -0.1) is 0 Å². The highest BCUT2D eigenvalue weighted by molar-refractivity contribution is 6.60. The van der Waals surface area contributed by atoms with Crippen molar-refractivity contribution in [2.24, 2.45) is 0 Å². The number of rotatable bonds is 3. The largest absolute Gasteiger partial charge is 0.496 e. The van der Waals surface area contributed by atoms with Crippen LogP contribution in [-0.2, 0) is 0 Å². The Balaban J connectivity index is 2.65. The van der Waals surface area contributed by atoms with Crippen LogP contribution in [0.2, 0.25) is 0 Å². The van der Waals surface area contributed by atoms with E-state index in [-0.39, 0.29) is 0 Å². The van der Waals surface area contributed by atoms with Crippen molar-refractivity contribution < 1.29 is 14.8 Å². The highest BCUT2D eigenvalue weighted by atomic mass is 16.5. The molecule has 4 heteroatoms. The van der Waals surface area contributed by atoms with E-state index in [4.69, 9.17) is 4.74 Å². The maximum atomic E-state index is 9.39. The zero-order chi connectivity index (χ0) is 12.3. The minimum Gasteiger partial charge on any atom is -0.496 e. The molecule has 3 nitrogen and oxygen atoms in total. The second-order valence-corrected chi connectivity index (χ2v) is 3.66. The summed E-state index contributed by atoms with van der Waals surface area (Å²) < 4.78 is 5.27. The van der Waals surface area contributed by atoms with E-state index in [1.165, 1.54) is 0 Å². The van der Waals surface area contributed by atoms with Crippen LogP contribution in [0.15, 0.2) is 48.5 Å². The summed E-state index contributed by atoms with van der Waals surface area (Å²) in [5.41, 5.74) is 2.05. The number of hydrogen-bond donors (Lipinski definition) is 2. The van der Waals surface area contributed by atoms with Gasteiger partial charge in [0.15, 0.2) is 0 Å². The Labute approximate surface area is 100 Å². The molecule has 2 N–H and O–H groups in total. The molecule has 0 aliphatic rings. The second kappa shape index (κ2) is 5.04. The van der Waals surface area contributed by atoms with Crippen LogP contribution in [0.3, 0.4) is 0 Å². The van der Waals surface area contributed by atoms with Crippen molar-refractivity contribution in [1.29, 1.82) is 0 Å². The predicted octanol–water partition coefficient (Wildman–Crippen LogP) is 1.04. The van der Waals surface area contributed by atoms with Crippen molar-refractivity contribution in [3.63, 3.8) is 0 Å². The zero-order valence-electron chi connectivity index (χ0n) is 9.50. The molecule has 0 aliphatic carbocycles. The Hall–Kier alpha value is -1.78. The first-order valence-electron chi connectivity index (χ1n) is 5.32. The van der Waals surface area contributed by atoms with Crippen LogP contribution in [0, 0.1) is 0 Å². The topological polar surface area (TPSA) is 49.7 Å². The highest BCUT2D eigenvalue weighted by Crippen LogP contribution is 2.27. The lowest BCUT2D eigenvalue weighted by Gasteiger charge is -2.13. The Kier molecular flexibility index (Phi) is 3.47. The molecule has 2 aromatic rings. The molecular formula is C13H13BO3. The number of ether oxygens (including phenoxy) is 1. The Morgan fingerprint density at radius 3 is 2.24 bits per heavy atom. The summed E-state index contributed by atoms with van der Waals surface area (Å²) in [5.74, 6) is 0.627. The summed E-state index contributed by atoms with van der Waals surface area (Å²) in [4.78, 5) is 0. The molecule has 2 aromatic carbocycles. The first-order chi connectivity index (χ1) is 8.24. The number of hydrogen-bond acceptors (Lipinski definition) is 3. The van der Waals surface area contributed by atoms with Crippen molar-refractivity contribution in [2.45, 2.75) is 0 Å². The lowest BCUT2D eigenvalue weighted by Crippen LogP contribution is -2.31. The van der Waals surface area contributed by atoms with Crippen LogP contribution in [0.1, 0.15) is 0 Å². The van der Waals surface area contributed by atoms with E-state index >= 15 is 0 Å². The van der Waals surface area contributed by atoms with Gasteiger partial charge in [0.2, 0.25) is 0 Å². The summed E-state index contributed by atoms with van der Waals surface area (Å²) in [6, 6.07) is 14.7. The quantitative estimate of drug-likeness (QED) is 0.771. The van der Waals surface area contributed by atoms with E-state index in [0.29, 0.717) is 16.8 Å². The van der Waals surface area contributed by atoms with Gasteiger partial charge >= 0.3 is 7.12 Å². The fraction of sp³-hybridized carbons (Fsp3) is 0.0769. The highest BCUT2D eigenvalue weighted by Gasteiger charge is 2.19. The van der Waals surface area contributed by atoms with Crippen molar-refractivity contribution in [2.75, 3.05) is 7.11 Å². The average molecular weight is 228 g/mol. The van der Waals surface area contributed by atoms with E-state index in [1.54, 1.807) is 25.3 Å². The molecule has 0 fully saturated rings. The third-order valence-corrected chi connectivity index (χ3v) is 2.62. The fourth-order valence-electron chi connectivity index (χ4n) is 1.85. The van der Waals surface area contributed by atoms with Crippen LogP contribution >= 0.6 is 0 Å². The van der Waals surface area contributed by atoms with Gasteiger partial charge in [-0.25, -0.2) is 0 Å². The van der Waals surface area contributed by atoms with Crippen molar-refractivity contribution in [1.82, 2.24) is 0 Å². The average Bonchev–Trinajstić information content (AvgIpc) is 2.38. The predicted molar refractivity (Wildman–Crippen MR) is 68.3 cm³/mol. The molecule has 0 radical (unpaired) electrons. The first-order valence-corrected chi connectivity index (χ1v) is 5.32. The molecule has 2 rings (SSSR count). The molecule has 0 aliphatic heterocycles. The lowest BCUT2D eigenvalue weighted by atomic mass is 9.75. The normalized spacial score (nSPS) is 10.1. The van der Waals surface area contributed by atoms with Gasteiger partial charge in [0.25, 0.3) is 0 Å². The molecule has 0 bridgehead atoms. The van der Waals surface area contributed by atoms with E-state index in [1.807, 2.05) is 30.3 Å². The van der Waals surface area contributed by atoms with E-state index < -0.39 is 7.12 Å². The number of methoxy groups -OCH3 is 1. The number of benzene rings is 2. The maximum Gasteiger partial charge on any atom is 0.489 e. The van der Waals surface area contributed by atoms with E-state index in [2.05, 4.69) is 0 Å². The summed E-state index contributed by atoms with van der Waals surface area (Å²) in [6.45, 7) is 0. The lowest BCUT2D eigenvalue weighted by molar-refractivity contribution is 0.413. The van der Waals surface area contributed by atoms with Crippen molar-refractivity contribution in [3.05, 3.63) is 48.5 Å².